The van der Waals surface area contributed by atoms with Gasteiger partial charge in [0.25, 0.3) is 0 Å². The normalized spacial score (nSPS) is 22.5. The second-order valence-electron chi connectivity index (χ2n) is 7.70. The summed E-state index contributed by atoms with van der Waals surface area (Å²) in [5.74, 6) is 1.04. The van der Waals surface area contributed by atoms with Gasteiger partial charge in [-0.25, -0.2) is 8.42 Å². The Kier molecular flexibility index (Phi) is 5.10. The van der Waals surface area contributed by atoms with Crippen molar-refractivity contribution < 1.29 is 13.2 Å². The highest BCUT2D eigenvalue weighted by atomic mass is 32.2. The van der Waals surface area contributed by atoms with Gasteiger partial charge >= 0.3 is 0 Å². The van der Waals surface area contributed by atoms with Gasteiger partial charge in [0.15, 0.2) is 0 Å². The molecule has 2 heterocycles. The number of nitrogens with zero attached hydrogens (tertiary/aromatic N) is 2. The van der Waals surface area contributed by atoms with E-state index in [1.807, 2.05) is 12.1 Å². The van der Waals surface area contributed by atoms with Crippen LogP contribution in [0.4, 0.5) is 5.69 Å². The molecular formula is C22H28N2O3S. The Morgan fingerprint density at radius 2 is 1.71 bits per heavy atom. The molecule has 0 spiro atoms. The zero-order valence-corrected chi connectivity index (χ0v) is 17.6. The molecule has 2 atom stereocenters. The molecule has 2 aliphatic rings. The fourth-order valence-electron chi connectivity index (χ4n) is 4.67. The molecule has 0 amide bonds. The third-order valence-electron chi connectivity index (χ3n) is 6.37. The van der Waals surface area contributed by atoms with Gasteiger partial charge in [0.05, 0.1) is 16.9 Å². The molecule has 28 heavy (non-hydrogen) atoms. The number of ether oxygens (including phenoxy) is 1. The average Bonchev–Trinajstić information content (AvgIpc) is 2.86. The van der Waals surface area contributed by atoms with Crippen molar-refractivity contribution in [2.24, 2.45) is 0 Å². The van der Waals surface area contributed by atoms with Crippen molar-refractivity contribution in [1.29, 1.82) is 0 Å². The molecule has 1 fully saturated rings. The molecular weight excluding hydrogens is 372 g/mol. The van der Waals surface area contributed by atoms with E-state index in [0.29, 0.717) is 27.5 Å². The fraction of sp³-hybridized carbons (Fsp3) is 0.455. The molecule has 0 radical (unpaired) electrons. The van der Waals surface area contributed by atoms with Crippen molar-refractivity contribution in [3.63, 3.8) is 0 Å². The van der Waals surface area contributed by atoms with Crippen LogP contribution in [0.25, 0.3) is 0 Å². The lowest BCUT2D eigenvalue weighted by Gasteiger charge is -2.25. The van der Waals surface area contributed by atoms with Crippen LogP contribution in [0.3, 0.4) is 0 Å². The highest BCUT2D eigenvalue weighted by Crippen LogP contribution is 2.45. The SMILES string of the molecule is CCN1CCC2[C@@H](CC1)c1cc(S(=O)(=O)c3ccc(OC)cc3)ccc1N2C. The van der Waals surface area contributed by atoms with Crippen molar-refractivity contribution >= 4 is 15.5 Å². The van der Waals surface area contributed by atoms with E-state index in [0.717, 1.165) is 32.5 Å². The van der Waals surface area contributed by atoms with Crippen LogP contribution < -0.4 is 9.64 Å². The Balaban J connectivity index is 1.70. The number of hydrogen-bond donors (Lipinski definition) is 0. The van der Waals surface area contributed by atoms with Crippen LogP contribution in [0.1, 0.15) is 31.2 Å². The Morgan fingerprint density at radius 3 is 2.39 bits per heavy atom. The number of sulfone groups is 1. The molecule has 4 rings (SSSR count). The lowest BCUT2D eigenvalue weighted by atomic mass is 9.91. The molecule has 150 valence electrons. The molecule has 6 heteroatoms. The zero-order valence-electron chi connectivity index (χ0n) is 16.8. The van der Waals surface area contributed by atoms with E-state index in [9.17, 15) is 8.42 Å². The quantitative estimate of drug-likeness (QED) is 0.786. The molecule has 0 bridgehead atoms. The topological polar surface area (TPSA) is 49.9 Å². The van der Waals surface area contributed by atoms with Crippen molar-refractivity contribution in [2.75, 3.05) is 38.7 Å². The predicted molar refractivity (Wildman–Crippen MR) is 111 cm³/mol. The zero-order chi connectivity index (χ0) is 19.9. The van der Waals surface area contributed by atoms with Gasteiger partial charge in [-0.15, -0.1) is 0 Å². The number of fused-ring (bicyclic) bond motifs is 3. The fourth-order valence-corrected chi connectivity index (χ4v) is 5.97. The summed E-state index contributed by atoms with van der Waals surface area (Å²) in [6.45, 7) is 5.45. The first-order chi connectivity index (χ1) is 13.5. The van der Waals surface area contributed by atoms with E-state index < -0.39 is 9.84 Å². The number of hydrogen-bond acceptors (Lipinski definition) is 5. The van der Waals surface area contributed by atoms with Crippen molar-refractivity contribution in [3.05, 3.63) is 48.0 Å². The maximum atomic E-state index is 13.2. The highest BCUT2D eigenvalue weighted by molar-refractivity contribution is 7.91. The van der Waals surface area contributed by atoms with Gasteiger partial charge in [0, 0.05) is 31.2 Å². The minimum Gasteiger partial charge on any atom is -0.497 e. The van der Waals surface area contributed by atoms with Gasteiger partial charge in [0.1, 0.15) is 5.75 Å². The monoisotopic (exact) mass is 400 g/mol. The highest BCUT2D eigenvalue weighted by Gasteiger charge is 2.38. The van der Waals surface area contributed by atoms with E-state index in [2.05, 4.69) is 23.8 Å². The molecule has 0 aromatic heterocycles. The second-order valence-corrected chi connectivity index (χ2v) is 9.65. The minimum atomic E-state index is -3.55. The van der Waals surface area contributed by atoms with Crippen LogP contribution in [0.5, 0.6) is 5.75 Å². The van der Waals surface area contributed by atoms with Crippen LogP contribution in [0.15, 0.2) is 52.3 Å². The van der Waals surface area contributed by atoms with E-state index in [-0.39, 0.29) is 0 Å². The molecule has 0 aliphatic carbocycles. The molecule has 1 saturated heterocycles. The lowest BCUT2D eigenvalue weighted by molar-refractivity contribution is 0.298. The molecule has 0 saturated carbocycles. The predicted octanol–water partition coefficient (Wildman–Crippen LogP) is 3.55. The Bertz CT molecular complexity index is 956. The number of benzene rings is 2. The van der Waals surface area contributed by atoms with Crippen LogP contribution in [-0.2, 0) is 9.84 Å². The van der Waals surface area contributed by atoms with Gasteiger partial charge in [-0.3, -0.25) is 0 Å². The van der Waals surface area contributed by atoms with E-state index in [1.54, 1.807) is 37.4 Å². The first-order valence-electron chi connectivity index (χ1n) is 9.94. The number of methoxy groups -OCH3 is 1. The summed E-state index contributed by atoms with van der Waals surface area (Å²) in [6, 6.07) is 12.7. The standard InChI is InChI=1S/C22H28N2O3S/c1-4-24-13-11-19-20-15-18(9-10-21(20)23(2)22(19)12-14-24)28(25,26)17-7-5-16(27-3)6-8-17/h5-10,15,19,22H,4,11-14H2,1-3H3/t19-,22?/m0/s1. The summed E-state index contributed by atoms with van der Waals surface area (Å²) in [7, 11) is 0.164. The van der Waals surface area contributed by atoms with Gasteiger partial charge in [0.2, 0.25) is 9.84 Å². The van der Waals surface area contributed by atoms with Crippen LogP contribution in [0.2, 0.25) is 0 Å². The van der Waals surface area contributed by atoms with Gasteiger partial charge in [-0.1, -0.05) is 6.92 Å². The summed E-state index contributed by atoms with van der Waals surface area (Å²) in [4.78, 5) is 5.52. The summed E-state index contributed by atoms with van der Waals surface area (Å²) >= 11 is 0. The van der Waals surface area contributed by atoms with E-state index in [4.69, 9.17) is 4.74 Å². The lowest BCUT2D eigenvalue weighted by Crippen LogP contribution is -2.31. The smallest absolute Gasteiger partial charge is 0.206 e. The number of anilines is 1. The van der Waals surface area contributed by atoms with Crippen molar-refractivity contribution in [2.45, 2.75) is 41.5 Å². The third kappa shape index (κ3) is 3.18. The van der Waals surface area contributed by atoms with Crippen molar-refractivity contribution in [1.82, 2.24) is 4.90 Å². The average molecular weight is 401 g/mol. The van der Waals surface area contributed by atoms with Crippen LogP contribution >= 0.6 is 0 Å². The molecule has 0 N–H and O–H groups in total. The number of likely N-dealkylation sites (tertiary alicyclic amines) is 1. The van der Waals surface area contributed by atoms with Crippen molar-refractivity contribution in [3.8, 4) is 5.75 Å². The molecule has 2 aromatic rings. The molecule has 2 aromatic carbocycles. The van der Waals surface area contributed by atoms with Gasteiger partial charge in [-0.05, 0) is 74.0 Å². The van der Waals surface area contributed by atoms with Gasteiger partial charge in [-0.2, -0.15) is 0 Å². The first kappa shape index (κ1) is 19.3. The molecule has 1 unspecified atom stereocenters. The maximum Gasteiger partial charge on any atom is 0.206 e. The van der Waals surface area contributed by atoms with Crippen LogP contribution in [0, 0.1) is 0 Å². The number of rotatable bonds is 4. The Morgan fingerprint density at radius 1 is 1.04 bits per heavy atom. The third-order valence-corrected chi connectivity index (χ3v) is 8.13. The summed E-state index contributed by atoms with van der Waals surface area (Å²) in [6.07, 6.45) is 2.19. The first-order valence-corrected chi connectivity index (χ1v) is 11.4. The van der Waals surface area contributed by atoms with E-state index in [1.165, 1.54) is 11.3 Å². The number of likely N-dealkylation sites (N-methyl/N-ethyl adjacent to an activating group) is 1. The Labute approximate surface area is 167 Å². The maximum absolute atomic E-state index is 13.2. The molecule has 2 aliphatic heterocycles. The summed E-state index contributed by atoms with van der Waals surface area (Å²) in [5, 5.41) is 0. The van der Waals surface area contributed by atoms with Gasteiger partial charge < -0.3 is 14.5 Å². The van der Waals surface area contributed by atoms with Crippen LogP contribution in [-0.4, -0.2) is 53.2 Å². The second kappa shape index (κ2) is 7.41. The minimum absolute atomic E-state index is 0.300. The summed E-state index contributed by atoms with van der Waals surface area (Å²) < 4.78 is 31.5. The summed E-state index contributed by atoms with van der Waals surface area (Å²) in [5.41, 5.74) is 2.36. The largest absolute Gasteiger partial charge is 0.497 e. The Hall–Kier alpha value is -2.05. The van der Waals surface area contributed by atoms with E-state index >= 15 is 0 Å². The molecule has 5 nitrogen and oxygen atoms in total.